The molecule has 1 heteroatoms. The Balaban J connectivity index is 2.18. The SMILES string of the molecule is Oc1ccc(-c2c3ccccc3cc3ccccc23)cc1. The van der Waals surface area contributed by atoms with Crippen molar-refractivity contribution in [1.82, 2.24) is 0 Å². The number of hydrogen-bond donors (Lipinski definition) is 1. The predicted octanol–water partition coefficient (Wildman–Crippen LogP) is 5.37. The fourth-order valence-electron chi connectivity index (χ4n) is 2.95. The molecule has 0 saturated carbocycles. The topological polar surface area (TPSA) is 20.2 Å². The highest BCUT2D eigenvalue weighted by atomic mass is 16.3. The normalized spacial score (nSPS) is 11.0. The standard InChI is InChI=1S/C20H14O/c21-17-11-9-14(10-12-17)20-18-7-3-1-5-15(18)13-16-6-2-4-8-19(16)20/h1-13,21H. The third kappa shape index (κ3) is 1.95. The molecule has 0 spiro atoms. The van der Waals surface area contributed by atoms with E-state index in [-0.39, 0.29) is 0 Å². The molecule has 0 atom stereocenters. The molecule has 0 bridgehead atoms. The summed E-state index contributed by atoms with van der Waals surface area (Å²) in [6.07, 6.45) is 0. The minimum absolute atomic E-state index is 0.295. The van der Waals surface area contributed by atoms with Crippen molar-refractivity contribution in [2.24, 2.45) is 0 Å². The van der Waals surface area contributed by atoms with Crippen molar-refractivity contribution in [3.63, 3.8) is 0 Å². The van der Waals surface area contributed by atoms with Gasteiger partial charge < -0.3 is 5.11 Å². The Morgan fingerprint density at radius 3 is 1.67 bits per heavy atom. The van der Waals surface area contributed by atoms with Gasteiger partial charge in [-0.05, 0) is 50.9 Å². The first-order chi connectivity index (χ1) is 10.3. The van der Waals surface area contributed by atoms with Gasteiger partial charge >= 0.3 is 0 Å². The molecule has 0 aliphatic carbocycles. The van der Waals surface area contributed by atoms with Crippen LogP contribution in [0.1, 0.15) is 0 Å². The first-order valence-electron chi connectivity index (χ1n) is 7.03. The molecule has 0 amide bonds. The number of phenolic OH excluding ortho intramolecular Hbond substituents is 1. The van der Waals surface area contributed by atoms with E-state index in [1.54, 1.807) is 12.1 Å². The first kappa shape index (κ1) is 12.0. The summed E-state index contributed by atoms with van der Waals surface area (Å²) in [5.74, 6) is 0.295. The van der Waals surface area contributed by atoms with E-state index < -0.39 is 0 Å². The molecule has 0 aliphatic rings. The summed E-state index contributed by atoms with van der Waals surface area (Å²) in [6.45, 7) is 0. The summed E-state index contributed by atoms with van der Waals surface area (Å²) in [4.78, 5) is 0. The van der Waals surface area contributed by atoms with E-state index in [0.717, 1.165) is 5.56 Å². The second kappa shape index (κ2) is 4.64. The lowest BCUT2D eigenvalue weighted by molar-refractivity contribution is 0.475. The van der Waals surface area contributed by atoms with E-state index in [9.17, 15) is 5.11 Å². The number of benzene rings is 4. The Bertz CT molecular complexity index is 883. The lowest BCUT2D eigenvalue weighted by Gasteiger charge is -2.12. The highest BCUT2D eigenvalue weighted by Crippen LogP contribution is 2.36. The predicted molar refractivity (Wildman–Crippen MR) is 88.6 cm³/mol. The van der Waals surface area contributed by atoms with E-state index in [0.29, 0.717) is 5.75 Å². The van der Waals surface area contributed by atoms with E-state index in [2.05, 4.69) is 54.6 Å². The summed E-state index contributed by atoms with van der Waals surface area (Å²) in [5, 5.41) is 14.5. The maximum absolute atomic E-state index is 9.53. The van der Waals surface area contributed by atoms with Crippen LogP contribution in [0.15, 0.2) is 78.9 Å². The van der Waals surface area contributed by atoms with Crippen LogP contribution in [-0.2, 0) is 0 Å². The Labute approximate surface area is 123 Å². The van der Waals surface area contributed by atoms with Crippen molar-refractivity contribution >= 4 is 21.5 Å². The van der Waals surface area contributed by atoms with Gasteiger partial charge in [0.1, 0.15) is 5.75 Å². The maximum atomic E-state index is 9.53. The Kier molecular flexibility index (Phi) is 2.65. The molecule has 0 unspecified atom stereocenters. The van der Waals surface area contributed by atoms with Crippen LogP contribution in [0, 0.1) is 0 Å². The van der Waals surface area contributed by atoms with Crippen molar-refractivity contribution < 1.29 is 5.11 Å². The van der Waals surface area contributed by atoms with Crippen molar-refractivity contribution in [2.45, 2.75) is 0 Å². The van der Waals surface area contributed by atoms with Gasteiger partial charge in [-0.15, -0.1) is 0 Å². The first-order valence-corrected chi connectivity index (χ1v) is 7.03. The number of phenols is 1. The van der Waals surface area contributed by atoms with Crippen molar-refractivity contribution in [2.75, 3.05) is 0 Å². The van der Waals surface area contributed by atoms with Crippen LogP contribution in [0.3, 0.4) is 0 Å². The van der Waals surface area contributed by atoms with Crippen molar-refractivity contribution in [1.29, 1.82) is 0 Å². The quantitative estimate of drug-likeness (QED) is 0.461. The average molecular weight is 270 g/mol. The molecule has 21 heavy (non-hydrogen) atoms. The summed E-state index contributed by atoms with van der Waals surface area (Å²) in [5.41, 5.74) is 2.35. The fourth-order valence-corrected chi connectivity index (χ4v) is 2.95. The van der Waals surface area contributed by atoms with Gasteiger partial charge in [-0.2, -0.15) is 0 Å². The minimum Gasteiger partial charge on any atom is -0.508 e. The highest BCUT2D eigenvalue weighted by molar-refractivity contribution is 6.12. The molecule has 100 valence electrons. The maximum Gasteiger partial charge on any atom is 0.115 e. The van der Waals surface area contributed by atoms with Gasteiger partial charge in [0.25, 0.3) is 0 Å². The van der Waals surface area contributed by atoms with Gasteiger partial charge in [-0.25, -0.2) is 0 Å². The summed E-state index contributed by atoms with van der Waals surface area (Å²) < 4.78 is 0. The molecule has 4 aromatic rings. The second-order valence-electron chi connectivity index (χ2n) is 5.24. The molecule has 4 aromatic carbocycles. The van der Waals surface area contributed by atoms with Gasteiger partial charge in [-0.1, -0.05) is 60.7 Å². The Morgan fingerprint density at radius 2 is 1.10 bits per heavy atom. The van der Waals surface area contributed by atoms with Crippen LogP contribution < -0.4 is 0 Å². The van der Waals surface area contributed by atoms with Gasteiger partial charge in [0, 0.05) is 0 Å². The largest absolute Gasteiger partial charge is 0.508 e. The molecule has 0 saturated heterocycles. The van der Waals surface area contributed by atoms with E-state index in [4.69, 9.17) is 0 Å². The summed E-state index contributed by atoms with van der Waals surface area (Å²) in [7, 11) is 0. The number of aromatic hydroxyl groups is 1. The fraction of sp³-hybridized carbons (Fsp3) is 0. The average Bonchev–Trinajstić information content (AvgIpc) is 2.53. The van der Waals surface area contributed by atoms with Crippen LogP contribution in [0.2, 0.25) is 0 Å². The Morgan fingerprint density at radius 1 is 0.571 bits per heavy atom. The molecular formula is C20H14O. The van der Waals surface area contributed by atoms with E-state index in [1.165, 1.54) is 27.1 Å². The molecule has 1 nitrogen and oxygen atoms in total. The summed E-state index contributed by atoms with van der Waals surface area (Å²) in [6, 6.07) is 26.5. The molecule has 0 aromatic heterocycles. The third-order valence-electron chi connectivity index (χ3n) is 3.93. The lowest BCUT2D eigenvalue weighted by Crippen LogP contribution is -1.85. The molecular weight excluding hydrogens is 256 g/mol. The Hall–Kier alpha value is -2.80. The summed E-state index contributed by atoms with van der Waals surface area (Å²) >= 11 is 0. The van der Waals surface area contributed by atoms with Gasteiger partial charge in [-0.3, -0.25) is 0 Å². The number of hydrogen-bond acceptors (Lipinski definition) is 1. The third-order valence-corrected chi connectivity index (χ3v) is 3.93. The molecule has 1 N–H and O–H groups in total. The minimum atomic E-state index is 0.295. The van der Waals surface area contributed by atoms with Gasteiger partial charge in [0.15, 0.2) is 0 Å². The molecule has 0 aliphatic heterocycles. The number of fused-ring (bicyclic) bond motifs is 2. The second-order valence-corrected chi connectivity index (χ2v) is 5.24. The van der Waals surface area contributed by atoms with Crippen LogP contribution >= 0.6 is 0 Å². The molecule has 0 heterocycles. The monoisotopic (exact) mass is 270 g/mol. The molecule has 0 radical (unpaired) electrons. The van der Waals surface area contributed by atoms with E-state index in [1.807, 2.05) is 12.1 Å². The van der Waals surface area contributed by atoms with Crippen LogP contribution in [0.5, 0.6) is 5.75 Å². The van der Waals surface area contributed by atoms with Gasteiger partial charge in [0.2, 0.25) is 0 Å². The smallest absolute Gasteiger partial charge is 0.115 e. The lowest BCUT2D eigenvalue weighted by atomic mass is 9.92. The molecule has 4 rings (SSSR count). The zero-order chi connectivity index (χ0) is 14.2. The number of rotatable bonds is 1. The highest BCUT2D eigenvalue weighted by Gasteiger charge is 2.09. The van der Waals surface area contributed by atoms with Crippen LogP contribution in [0.25, 0.3) is 32.7 Å². The van der Waals surface area contributed by atoms with Crippen LogP contribution in [-0.4, -0.2) is 5.11 Å². The van der Waals surface area contributed by atoms with E-state index >= 15 is 0 Å². The zero-order valence-electron chi connectivity index (χ0n) is 11.5. The van der Waals surface area contributed by atoms with Crippen LogP contribution in [0.4, 0.5) is 0 Å². The van der Waals surface area contributed by atoms with Crippen molar-refractivity contribution in [3.05, 3.63) is 78.9 Å². The molecule has 0 fully saturated rings. The zero-order valence-corrected chi connectivity index (χ0v) is 11.5. The van der Waals surface area contributed by atoms with Crippen molar-refractivity contribution in [3.8, 4) is 16.9 Å². The van der Waals surface area contributed by atoms with Gasteiger partial charge in [0.05, 0.1) is 0 Å².